The van der Waals surface area contributed by atoms with E-state index in [4.69, 9.17) is 0 Å². The van der Waals surface area contributed by atoms with Gasteiger partial charge in [-0.1, -0.05) is 30.3 Å². The summed E-state index contributed by atoms with van der Waals surface area (Å²) in [5, 5.41) is 7.41. The molecule has 4 amide bonds. The number of benzene rings is 1. The number of carbonyl (C=O) groups excluding carboxylic acids is 3. The topological polar surface area (TPSA) is 87.3 Å². The number of imide groups is 1. The van der Waals surface area contributed by atoms with Crippen LogP contribution >= 0.6 is 0 Å². The second-order valence-corrected chi connectivity index (χ2v) is 5.64. The summed E-state index contributed by atoms with van der Waals surface area (Å²) in [7, 11) is 0. The molecule has 6 heteroatoms. The first kappa shape index (κ1) is 13.6. The Bertz CT molecular complexity index is 581. The predicted molar refractivity (Wildman–Crippen MR) is 75.4 cm³/mol. The number of amides is 4. The van der Waals surface area contributed by atoms with Gasteiger partial charge in [0.05, 0.1) is 6.42 Å². The molecular formula is C15H17N3O3. The van der Waals surface area contributed by atoms with Crippen molar-refractivity contribution in [3.05, 3.63) is 35.9 Å². The van der Waals surface area contributed by atoms with E-state index in [0.717, 1.165) is 12.8 Å². The summed E-state index contributed by atoms with van der Waals surface area (Å²) >= 11 is 0. The summed E-state index contributed by atoms with van der Waals surface area (Å²) in [6, 6.07) is 8.81. The Kier molecular flexibility index (Phi) is 3.37. The van der Waals surface area contributed by atoms with Gasteiger partial charge < -0.3 is 10.6 Å². The van der Waals surface area contributed by atoms with Crippen molar-refractivity contribution in [3.63, 3.8) is 0 Å². The zero-order valence-corrected chi connectivity index (χ0v) is 11.5. The highest BCUT2D eigenvalue weighted by Gasteiger charge is 2.44. The van der Waals surface area contributed by atoms with E-state index in [0.29, 0.717) is 6.54 Å². The first-order chi connectivity index (χ1) is 10.1. The van der Waals surface area contributed by atoms with Crippen LogP contribution in [0.5, 0.6) is 0 Å². The lowest BCUT2D eigenvalue weighted by atomic mass is 9.96. The highest BCUT2D eigenvalue weighted by molar-refractivity contribution is 6.05. The number of urea groups is 1. The Hall–Kier alpha value is -2.37. The summed E-state index contributed by atoms with van der Waals surface area (Å²) in [6.45, 7) is 0.568. The Morgan fingerprint density at radius 2 is 1.95 bits per heavy atom. The molecule has 2 fully saturated rings. The minimum atomic E-state index is -0.760. The van der Waals surface area contributed by atoms with Crippen LogP contribution in [0, 0.1) is 0 Å². The van der Waals surface area contributed by atoms with Crippen LogP contribution in [-0.2, 0) is 15.0 Å². The molecule has 3 N–H and O–H groups in total. The predicted octanol–water partition coefficient (Wildman–Crippen LogP) is 0.433. The van der Waals surface area contributed by atoms with E-state index in [9.17, 15) is 14.4 Å². The maximum absolute atomic E-state index is 11.9. The third kappa shape index (κ3) is 2.89. The van der Waals surface area contributed by atoms with Crippen LogP contribution in [0.15, 0.2) is 30.3 Å². The fourth-order valence-corrected chi connectivity index (χ4v) is 2.64. The van der Waals surface area contributed by atoms with Gasteiger partial charge in [0.2, 0.25) is 5.91 Å². The summed E-state index contributed by atoms with van der Waals surface area (Å²) < 4.78 is 0. The fraction of sp³-hybridized carbons (Fsp3) is 0.400. The van der Waals surface area contributed by atoms with Gasteiger partial charge in [-0.3, -0.25) is 14.9 Å². The van der Waals surface area contributed by atoms with Crippen LogP contribution in [0.1, 0.15) is 24.8 Å². The van der Waals surface area contributed by atoms with Crippen molar-refractivity contribution >= 4 is 17.8 Å². The molecule has 1 aromatic rings. The molecule has 3 rings (SSSR count). The van der Waals surface area contributed by atoms with E-state index >= 15 is 0 Å². The maximum atomic E-state index is 11.9. The van der Waals surface area contributed by atoms with E-state index in [2.05, 4.69) is 28.1 Å². The normalized spacial score (nSPS) is 22.4. The number of nitrogens with one attached hydrogen (secondary N) is 3. The van der Waals surface area contributed by atoms with Gasteiger partial charge in [0.25, 0.3) is 5.91 Å². The first-order valence-corrected chi connectivity index (χ1v) is 7.03. The van der Waals surface area contributed by atoms with Crippen molar-refractivity contribution in [2.45, 2.75) is 30.7 Å². The van der Waals surface area contributed by atoms with Crippen molar-refractivity contribution in [1.82, 2.24) is 16.0 Å². The van der Waals surface area contributed by atoms with Gasteiger partial charge in [-0.2, -0.15) is 0 Å². The lowest BCUT2D eigenvalue weighted by Crippen LogP contribution is -2.38. The third-order valence-electron chi connectivity index (χ3n) is 4.11. The number of rotatable bonds is 5. The van der Waals surface area contributed by atoms with Crippen LogP contribution in [0.25, 0.3) is 0 Å². The van der Waals surface area contributed by atoms with E-state index in [1.165, 1.54) is 5.56 Å². The number of hydrogen-bond donors (Lipinski definition) is 3. The van der Waals surface area contributed by atoms with Crippen molar-refractivity contribution in [1.29, 1.82) is 0 Å². The molecule has 0 bridgehead atoms. The molecule has 6 nitrogen and oxygen atoms in total. The lowest BCUT2D eigenvalue weighted by Gasteiger charge is -2.17. The van der Waals surface area contributed by atoms with Gasteiger partial charge >= 0.3 is 6.03 Å². The summed E-state index contributed by atoms with van der Waals surface area (Å²) in [4.78, 5) is 34.3. The summed E-state index contributed by atoms with van der Waals surface area (Å²) in [5.41, 5.74) is 1.27. The van der Waals surface area contributed by atoms with Gasteiger partial charge in [-0.25, -0.2) is 4.79 Å². The fourth-order valence-electron chi connectivity index (χ4n) is 2.64. The minimum absolute atomic E-state index is 0.0254. The average molecular weight is 287 g/mol. The minimum Gasteiger partial charge on any atom is -0.355 e. The third-order valence-corrected chi connectivity index (χ3v) is 4.11. The molecule has 1 saturated heterocycles. The van der Waals surface area contributed by atoms with Gasteiger partial charge in [-0.05, 0) is 18.4 Å². The molecular weight excluding hydrogens is 270 g/mol. The molecule has 0 radical (unpaired) electrons. The Labute approximate surface area is 122 Å². The molecule has 1 aliphatic carbocycles. The molecule has 0 aromatic heterocycles. The standard InChI is InChI=1S/C15H17N3O3/c19-12(8-11-13(20)18-14(21)17-11)16-9-15(6-7-15)10-4-2-1-3-5-10/h1-5,11H,6-9H2,(H,16,19)(H2,17,18,20,21)/t11-/m1/s1. The van der Waals surface area contributed by atoms with Crippen LogP contribution in [0.3, 0.4) is 0 Å². The van der Waals surface area contributed by atoms with Crippen molar-refractivity contribution in [2.24, 2.45) is 0 Å². The second-order valence-electron chi connectivity index (χ2n) is 5.64. The van der Waals surface area contributed by atoms with Crippen molar-refractivity contribution < 1.29 is 14.4 Å². The van der Waals surface area contributed by atoms with E-state index in [1.807, 2.05) is 18.2 Å². The Morgan fingerprint density at radius 1 is 1.24 bits per heavy atom. The number of hydrogen-bond acceptors (Lipinski definition) is 3. The molecule has 0 spiro atoms. The average Bonchev–Trinajstić information content (AvgIpc) is 3.20. The zero-order chi connectivity index (χ0) is 14.9. The Balaban J connectivity index is 1.53. The van der Waals surface area contributed by atoms with Crippen LogP contribution < -0.4 is 16.0 Å². The van der Waals surface area contributed by atoms with Gasteiger partial charge in [-0.15, -0.1) is 0 Å². The van der Waals surface area contributed by atoms with Crippen LogP contribution in [0.4, 0.5) is 4.79 Å². The van der Waals surface area contributed by atoms with Gasteiger partial charge in [0.1, 0.15) is 6.04 Å². The monoisotopic (exact) mass is 287 g/mol. The molecule has 21 heavy (non-hydrogen) atoms. The lowest BCUT2D eigenvalue weighted by molar-refractivity contribution is -0.126. The van der Waals surface area contributed by atoms with Crippen LogP contribution in [-0.4, -0.2) is 30.4 Å². The molecule has 1 aromatic carbocycles. The molecule has 0 unspecified atom stereocenters. The van der Waals surface area contributed by atoms with Crippen molar-refractivity contribution in [2.75, 3.05) is 6.54 Å². The summed E-state index contributed by atoms with van der Waals surface area (Å²) in [6.07, 6.45) is 2.08. The smallest absolute Gasteiger partial charge is 0.322 e. The molecule has 110 valence electrons. The Morgan fingerprint density at radius 3 is 2.52 bits per heavy atom. The zero-order valence-electron chi connectivity index (χ0n) is 11.5. The van der Waals surface area contributed by atoms with E-state index in [-0.39, 0.29) is 17.7 Å². The largest absolute Gasteiger partial charge is 0.355 e. The molecule has 1 saturated carbocycles. The molecule has 1 atom stereocenters. The SMILES string of the molecule is O=C(C[C@H]1NC(=O)NC1=O)NCC1(c2ccccc2)CC1. The highest BCUT2D eigenvalue weighted by Crippen LogP contribution is 2.47. The molecule has 1 aliphatic heterocycles. The van der Waals surface area contributed by atoms with Crippen molar-refractivity contribution in [3.8, 4) is 0 Å². The van der Waals surface area contributed by atoms with E-state index in [1.54, 1.807) is 0 Å². The first-order valence-electron chi connectivity index (χ1n) is 7.03. The molecule has 1 heterocycles. The quantitative estimate of drug-likeness (QED) is 0.686. The second kappa shape index (κ2) is 5.20. The number of carbonyl (C=O) groups is 3. The maximum Gasteiger partial charge on any atom is 0.322 e. The van der Waals surface area contributed by atoms with Gasteiger partial charge in [0.15, 0.2) is 0 Å². The van der Waals surface area contributed by atoms with E-state index < -0.39 is 18.0 Å². The summed E-state index contributed by atoms with van der Waals surface area (Å²) in [5.74, 6) is -0.668. The highest BCUT2D eigenvalue weighted by atomic mass is 16.2. The van der Waals surface area contributed by atoms with Crippen LogP contribution in [0.2, 0.25) is 0 Å². The molecule has 2 aliphatic rings. The van der Waals surface area contributed by atoms with Gasteiger partial charge in [0, 0.05) is 12.0 Å².